The molecule has 0 N–H and O–H groups in total. The van der Waals surface area contributed by atoms with Gasteiger partial charge >= 0.3 is 0 Å². The summed E-state index contributed by atoms with van der Waals surface area (Å²) >= 11 is 0. The van der Waals surface area contributed by atoms with Crippen molar-refractivity contribution in [2.75, 3.05) is 0 Å². The zero-order chi connectivity index (χ0) is 45.9. The van der Waals surface area contributed by atoms with Crippen molar-refractivity contribution in [3.8, 4) is 0 Å². The van der Waals surface area contributed by atoms with E-state index < -0.39 is 0 Å². The Hall–Kier alpha value is -9.10. The van der Waals surface area contributed by atoms with Crippen LogP contribution in [0, 0.1) is 13.8 Å². The Morgan fingerprint density at radius 2 is 0.329 bits per heavy atom. The van der Waals surface area contributed by atoms with Crippen molar-refractivity contribution in [1.82, 2.24) is 0 Å². The first-order valence-electron chi connectivity index (χ1n) is 28.6. The van der Waals surface area contributed by atoms with Crippen molar-refractivity contribution in [2.24, 2.45) is 0 Å². The van der Waals surface area contributed by atoms with E-state index in [0.717, 1.165) is 12.8 Å². The van der Waals surface area contributed by atoms with Crippen LogP contribution in [0.4, 0.5) is 0 Å². The largest absolute Gasteiger partial charge is 0.0620 e. The SMILES string of the molecule is Cc1ccccc1CC12c3c4c5c6c7c8c9c%10c(c1c1c%11c2c2c%12c3c5c3c5c%12c%12c2c2c%11c%11c%13c1c%10c1c%10c9c9c7c7c6c3c3c5c5c%12c6c2c%11c2c(c%131)c1c%10c9c9c7c3c3c9c1c2c6c53)C48Cc1ccccc1C. The second-order valence-electron chi connectivity index (χ2n) is 27.8. The molecule has 0 saturated heterocycles. The molecule has 0 saturated carbocycles. The fraction of sp³-hybridized carbons (Fsp3) is 0.0789. The Morgan fingerprint density at radius 3 is 0.539 bits per heavy atom. The first kappa shape index (κ1) is 29.7. The fourth-order valence-electron chi connectivity index (χ4n) is 26.3. The summed E-state index contributed by atoms with van der Waals surface area (Å²) < 4.78 is 0. The minimum Gasteiger partial charge on any atom is -0.0620 e. The van der Waals surface area contributed by atoms with Crippen LogP contribution in [0.25, 0.3) is 280 Å². The fourth-order valence-corrected chi connectivity index (χ4v) is 26.3. The van der Waals surface area contributed by atoms with E-state index in [2.05, 4.69) is 62.4 Å². The van der Waals surface area contributed by atoms with Crippen LogP contribution in [0.3, 0.4) is 0 Å². The smallest absolute Gasteiger partial charge is 0.0523 e. The number of aryl methyl sites for hydroxylation is 2. The monoisotopic (exact) mass is 930 g/mol. The maximum Gasteiger partial charge on any atom is 0.0523 e. The zero-order valence-electron chi connectivity index (χ0n) is 40.0. The molecule has 5 aliphatic carbocycles. The highest BCUT2D eigenvalue weighted by Crippen LogP contribution is 2.84. The molecule has 0 aromatic heterocycles. The summed E-state index contributed by atoms with van der Waals surface area (Å²) in [5, 5.41) is 86.8. The number of hydrogen-bond acceptors (Lipinski definition) is 0. The third-order valence-electron chi connectivity index (χ3n) is 27.0. The second-order valence-corrected chi connectivity index (χ2v) is 27.8. The van der Waals surface area contributed by atoms with E-state index in [0.29, 0.717) is 0 Å². The minimum atomic E-state index is -0.344. The molecule has 29 aromatic rings. The molecule has 5 aliphatic rings. The van der Waals surface area contributed by atoms with Crippen LogP contribution in [0.5, 0.6) is 0 Å². The van der Waals surface area contributed by atoms with Crippen molar-refractivity contribution < 1.29 is 0 Å². The van der Waals surface area contributed by atoms with Gasteiger partial charge in [-0.15, -0.1) is 0 Å². The lowest BCUT2D eigenvalue weighted by Gasteiger charge is -2.49. The van der Waals surface area contributed by atoms with Gasteiger partial charge in [0.15, 0.2) is 0 Å². The van der Waals surface area contributed by atoms with Crippen LogP contribution in [-0.2, 0) is 23.7 Å². The standard InChI is InChI=1S/C76H18/c1-13-7-3-5-9-15(13)11-75-69-61-52-45-32-25-19-20-22-18-17-21(19)30(32)36-34-23(17)27-24(18)35-37-31(22)33-26(20)29-28(25)39-47-40(29)49-46(33)53-51(37)55-42(35)44-38(27)43-41(34)54(50(36)52)65(69)67-56(43)57(44)68-66(55)70-62(53)59(49)64-60(47)63(58(61)48(39)45)71(75)72(64)76(70,74(68)73(67)75)12-16-10-6-4-8-14(16)2/h3-10H,11-12H2,1-2H3. The maximum atomic E-state index is 2.55. The highest BCUT2D eigenvalue weighted by Gasteiger charge is 2.66. The molecule has 0 heteroatoms. The average Bonchev–Trinajstić information content (AvgIpc) is 1.56. The van der Waals surface area contributed by atoms with E-state index in [4.69, 9.17) is 0 Å². The molecule has 0 fully saturated rings. The van der Waals surface area contributed by atoms with Crippen LogP contribution in [0.2, 0.25) is 0 Å². The third kappa shape index (κ3) is 1.70. The van der Waals surface area contributed by atoms with Crippen LogP contribution in [-0.4, -0.2) is 0 Å². The van der Waals surface area contributed by atoms with Gasteiger partial charge in [0, 0.05) is 0 Å². The van der Waals surface area contributed by atoms with Crippen LogP contribution < -0.4 is 0 Å². The summed E-state index contributed by atoms with van der Waals surface area (Å²) in [7, 11) is 0. The Labute approximate surface area is 419 Å². The molecule has 2 unspecified atom stereocenters. The van der Waals surface area contributed by atoms with E-state index in [1.165, 1.54) is 22.3 Å². The molecule has 76 heavy (non-hydrogen) atoms. The van der Waals surface area contributed by atoms with Crippen molar-refractivity contribution in [3.05, 3.63) is 104 Å². The maximum absolute atomic E-state index is 2.55. The normalized spacial score (nSPS) is 21.0. The highest BCUT2D eigenvalue weighted by molar-refractivity contribution is 6.81. The topological polar surface area (TPSA) is 0 Å². The number of hydrogen-bond donors (Lipinski definition) is 0. The Bertz CT molecular complexity index is 7410. The summed E-state index contributed by atoms with van der Waals surface area (Å²) in [6.07, 6.45) is 2.02. The van der Waals surface area contributed by atoms with Gasteiger partial charge < -0.3 is 0 Å². The molecule has 0 heterocycles. The number of benzene rings is 19. The molecule has 0 bridgehead atoms. The average molecular weight is 931 g/mol. The van der Waals surface area contributed by atoms with E-state index in [-0.39, 0.29) is 10.8 Å². The predicted molar refractivity (Wildman–Crippen MR) is 322 cm³/mol. The molecule has 2 atom stereocenters. The molecule has 322 valence electrons. The van der Waals surface area contributed by atoms with E-state index in [1.54, 1.807) is 313 Å². The molecule has 29 aromatic carbocycles. The van der Waals surface area contributed by atoms with Crippen LogP contribution >= 0.6 is 0 Å². The zero-order valence-corrected chi connectivity index (χ0v) is 40.0. The van der Waals surface area contributed by atoms with Gasteiger partial charge in [0.1, 0.15) is 0 Å². The first-order chi connectivity index (χ1) is 37.7. The van der Waals surface area contributed by atoms with E-state index in [9.17, 15) is 0 Å². The van der Waals surface area contributed by atoms with Gasteiger partial charge in [0.05, 0.1) is 10.8 Å². The van der Waals surface area contributed by atoms with Crippen molar-refractivity contribution in [1.29, 1.82) is 0 Å². The molecular formula is C76H18. The summed E-state index contributed by atoms with van der Waals surface area (Å²) in [5.74, 6) is 0. The van der Waals surface area contributed by atoms with Gasteiger partial charge in [-0.25, -0.2) is 0 Å². The summed E-state index contributed by atoms with van der Waals surface area (Å²) in [6.45, 7) is 4.88. The van der Waals surface area contributed by atoms with Crippen molar-refractivity contribution in [2.45, 2.75) is 37.5 Å². The lowest BCUT2D eigenvalue weighted by Crippen LogP contribution is -2.45. The summed E-state index contributed by atoms with van der Waals surface area (Å²) in [5.41, 5.74) is 15.8. The highest BCUT2D eigenvalue weighted by atomic mass is 14.7. The van der Waals surface area contributed by atoms with Gasteiger partial charge in [0.25, 0.3) is 0 Å². The molecule has 0 aliphatic heterocycles. The van der Waals surface area contributed by atoms with Gasteiger partial charge in [0.2, 0.25) is 0 Å². The van der Waals surface area contributed by atoms with E-state index in [1.807, 2.05) is 0 Å². The molecular weight excluding hydrogens is 913 g/mol. The molecule has 0 radical (unpaired) electrons. The molecule has 34 rings (SSSR count). The van der Waals surface area contributed by atoms with E-state index >= 15 is 0 Å². The van der Waals surface area contributed by atoms with Crippen molar-refractivity contribution in [3.63, 3.8) is 0 Å². The minimum absolute atomic E-state index is 0.344. The first-order valence-corrected chi connectivity index (χ1v) is 28.6. The Kier molecular flexibility index (Phi) is 2.74. The Morgan fingerprint density at radius 1 is 0.184 bits per heavy atom. The molecule has 0 amide bonds. The molecule has 0 nitrogen and oxygen atoms in total. The van der Waals surface area contributed by atoms with Gasteiger partial charge in [-0.2, -0.15) is 0 Å². The number of rotatable bonds is 4. The lowest BCUT2D eigenvalue weighted by atomic mass is 9.51. The van der Waals surface area contributed by atoms with Gasteiger partial charge in [-0.05, 0) is 362 Å². The summed E-state index contributed by atoms with van der Waals surface area (Å²) in [6, 6.07) is 19.3. The van der Waals surface area contributed by atoms with Crippen LogP contribution in [0.1, 0.15) is 55.6 Å². The van der Waals surface area contributed by atoms with Gasteiger partial charge in [-0.1, -0.05) is 48.5 Å². The quantitative estimate of drug-likeness (QED) is 0.154. The third-order valence-corrected chi connectivity index (χ3v) is 27.0. The Balaban J connectivity index is 1.12. The van der Waals surface area contributed by atoms with Crippen LogP contribution in [0.15, 0.2) is 48.5 Å². The molecule has 0 spiro atoms. The second kappa shape index (κ2) is 7.02. The lowest BCUT2D eigenvalue weighted by molar-refractivity contribution is 0.536. The summed E-state index contributed by atoms with van der Waals surface area (Å²) in [4.78, 5) is 0. The predicted octanol–water partition coefficient (Wildman–Crippen LogP) is 20.1. The van der Waals surface area contributed by atoms with Gasteiger partial charge in [-0.3, -0.25) is 0 Å². The van der Waals surface area contributed by atoms with Crippen molar-refractivity contribution >= 4 is 280 Å².